The summed E-state index contributed by atoms with van der Waals surface area (Å²) < 4.78 is 12.6. The van der Waals surface area contributed by atoms with E-state index in [9.17, 15) is 9.90 Å². The third-order valence-electron chi connectivity index (χ3n) is 5.63. The molecule has 4 heterocycles. The number of carbonyl (C=O) groups is 1. The monoisotopic (exact) mass is 413 g/mol. The van der Waals surface area contributed by atoms with Gasteiger partial charge in [0.15, 0.2) is 5.76 Å². The fourth-order valence-corrected chi connectivity index (χ4v) is 4.23. The van der Waals surface area contributed by atoms with Crippen molar-refractivity contribution in [3.63, 3.8) is 0 Å². The molecule has 1 amide bonds. The van der Waals surface area contributed by atoms with Gasteiger partial charge < -0.3 is 19.1 Å². The topological polar surface area (TPSA) is 110 Å². The molecule has 9 heteroatoms. The minimum Gasteiger partial charge on any atom is -0.394 e. The van der Waals surface area contributed by atoms with Gasteiger partial charge in [0, 0.05) is 19.0 Å². The molecule has 0 unspecified atom stereocenters. The zero-order valence-corrected chi connectivity index (χ0v) is 17.6. The first kappa shape index (κ1) is 20.3. The number of carbonyl (C=O) groups excluding carboxylic acids is 1. The molecule has 1 aliphatic heterocycles. The van der Waals surface area contributed by atoms with Crippen LogP contribution in [0.25, 0.3) is 11.3 Å². The van der Waals surface area contributed by atoms with Crippen molar-refractivity contribution in [3.05, 3.63) is 40.7 Å². The Kier molecular flexibility index (Phi) is 5.72. The molecule has 0 radical (unpaired) electrons. The number of aliphatic hydroxyl groups excluding tert-OH is 1. The van der Waals surface area contributed by atoms with Gasteiger partial charge in [0.05, 0.1) is 48.0 Å². The normalized spacial score (nSPS) is 16.9. The maximum absolute atomic E-state index is 13.6. The lowest BCUT2D eigenvalue weighted by atomic mass is 9.94. The molecule has 0 aromatic carbocycles. The SMILES string of the molecule is CCc1onc(C)c1C(=O)N1CCCC[C@@H]1c1c(-c2cc(C)no2)cnn1CCO. The first-order valence-electron chi connectivity index (χ1n) is 10.4. The van der Waals surface area contributed by atoms with E-state index in [0.717, 1.165) is 36.2 Å². The summed E-state index contributed by atoms with van der Waals surface area (Å²) in [6.07, 6.45) is 5.06. The Morgan fingerprint density at radius 3 is 2.80 bits per heavy atom. The molecule has 1 N–H and O–H groups in total. The van der Waals surface area contributed by atoms with Crippen LogP contribution in [0.15, 0.2) is 21.3 Å². The van der Waals surface area contributed by atoms with Crippen LogP contribution in [0.2, 0.25) is 0 Å². The fourth-order valence-electron chi connectivity index (χ4n) is 4.23. The van der Waals surface area contributed by atoms with Crippen LogP contribution in [-0.4, -0.2) is 49.2 Å². The van der Waals surface area contributed by atoms with Crippen molar-refractivity contribution in [2.75, 3.05) is 13.2 Å². The minimum atomic E-state index is -0.195. The minimum absolute atomic E-state index is 0.0467. The van der Waals surface area contributed by atoms with E-state index in [1.54, 1.807) is 17.8 Å². The average Bonchev–Trinajstić information content (AvgIpc) is 3.46. The molecule has 1 saturated heterocycles. The number of hydrogen-bond donors (Lipinski definition) is 1. The number of aryl methyl sites for hydroxylation is 3. The van der Waals surface area contributed by atoms with Gasteiger partial charge in [-0.2, -0.15) is 5.10 Å². The van der Waals surface area contributed by atoms with Gasteiger partial charge in [-0.3, -0.25) is 9.48 Å². The van der Waals surface area contributed by atoms with Crippen LogP contribution in [0.1, 0.15) is 65.4 Å². The second-order valence-electron chi connectivity index (χ2n) is 7.65. The van der Waals surface area contributed by atoms with Crippen molar-refractivity contribution in [1.82, 2.24) is 25.0 Å². The largest absolute Gasteiger partial charge is 0.394 e. The van der Waals surface area contributed by atoms with Crippen molar-refractivity contribution in [2.24, 2.45) is 0 Å². The Hall–Kier alpha value is -2.94. The summed E-state index contributed by atoms with van der Waals surface area (Å²) >= 11 is 0. The first-order valence-corrected chi connectivity index (χ1v) is 10.4. The molecular formula is C21H27N5O4. The molecule has 3 aromatic rings. The molecule has 1 fully saturated rings. The summed E-state index contributed by atoms with van der Waals surface area (Å²) in [6, 6.07) is 1.66. The number of aromatic nitrogens is 4. The Labute approximate surface area is 174 Å². The van der Waals surface area contributed by atoms with Crippen molar-refractivity contribution in [3.8, 4) is 11.3 Å². The van der Waals surface area contributed by atoms with E-state index < -0.39 is 0 Å². The van der Waals surface area contributed by atoms with E-state index in [1.807, 2.05) is 24.8 Å². The highest BCUT2D eigenvalue weighted by Crippen LogP contribution is 2.38. The third kappa shape index (κ3) is 3.54. The highest BCUT2D eigenvalue weighted by molar-refractivity contribution is 5.96. The highest BCUT2D eigenvalue weighted by atomic mass is 16.5. The molecule has 3 aromatic heterocycles. The van der Waals surface area contributed by atoms with E-state index in [0.29, 0.717) is 42.3 Å². The maximum Gasteiger partial charge on any atom is 0.259 e. The first-order chi connectivity index (χ1) is 14.5. The van der Waals surface area contributed by atoms with E-state index in [-0.39, 0.29) is 18.6 Å². The van der Waals surface area contributed by atoms with Crippen LogP contribution in [0.5, 0.6) is 0 Å². The summed E-state index contributed by atoms with van der Waals surface area (Å²) in [5, 5.41) is 22.0. The molecule has 0 saturated carbocycles. The average molecular weight is 413 g/mol. The lowest BCUT2D eigenvalue weighted by Gasteiger charge is -2.36. The summed E-state index contributed by atoms with van der Waals surface area (Å²) in [7, 11) is 0. The number of likely N-dealkylation sites (tertiary alicyclic amines) is 1. The van der Waals surface area contributed by atoms with Gasteiger partial charge in [0.25, 0.3) is 5.91 Å². The van der Waals surface area contributed by atoms with Crippen LogP contribution in [0.4, 0.5) is 0 Å². The highest BCUT2D eigenvalue weighted by Gasteiger charge is 2.36. The molecule has 0 aliphatic carbocycles. The van der Waals surface area contributed by atoms with E-state index in [1.165, 1.54) is 0 Å². The summed E-state index contributed by atoms with van der Waals surface area (Å²) in [4.78, 5) is 15.5. The summed E-state index contributed by atoms with van der Waals surface area (Å²) in [5.41, 5.74) is 3.59. The van der Waals surface area contributed by atoms with Gasteiger partial charge in [0.2, 0.25) is 0 Å². The number of rotatable bonds is 6. The van der Waals surface area contributed by atoms with Crippen molar-refractivity contribution in [2.45, 2.75) is 59.0 Å². The lowest BCUT2D eigenvalue weighted by Crippen LogP contribution is -2.40. The van der Waals surface area contributed by atoms with E-state index in [4.69, 9.17) is 9.05 Å². The lowest BCUT2D eigenvalue weighted by molar-refractivity contribution is 0.0596. The van der Waals surface area contributed by atoms with E-state index >= 15 is 0 Å². The van der Waals surface area contributed by atoms with Gasteiger partial charge in [-0.05, 0) is 33.1 Å². The number of nitrogens with zero attached hydrogens (tertiary/aromatic N) is 5. The summed E-state index contributed by atoms with van der Waals surface area (Å²) in [6.45, 7) is 6.54. The van der Waals surface area contributed by atoms with Crippen molar-refractivity contribution in [1.29, 1.82) is 0 Å². The summed E-state index contributed by atoms with van der Waals surface area (Å²) in [5.74, 6) is 1.14. The fraction of sp³-hybridized carbons (Fsp3) is 0.524. The van der Waals surface area contributed by atoms with Gasteiger partial charge in [-0.25, -0.2) is 0 Å². The molecule has 160 valence electrons. The smallest absolute Gasteiger partial charge is 0.259 e. The molecule has 1 aliphatic rings. The Morgan fingerprint density at radius 2 is 2.10 bits per heavy atom. The Balaban J connectivity index is 1.78. The maximum atomic E-state index is 13.6. The van der Waals surface area contributed by atoms with Crippen LogP contribution in [0, 0.1) is 13.8 Å². The molecular weight excluding hydrogens is 386 g/mol. The van der Waals surface area contributed by atoms with Gasteiger partial charge in [-0.1, -0.05) is 17.2 Å². The van der Waals surface area contributed by atoms with Crippen LogP contribution in [-0.2, 0) is 13.0 Å². The third-order valence-corrected chi connectivity index (χ3v) is 5.63. The second-order valence-corrected chi connectivity index (χ2v) is 7.65. The Morgan fingerprint density at radius 1 is 1.27 bits per heavy atom. The Bertz CT molecular complexity index is 1030. The quantitative estimate of drug-likeness (QED) is 0.661. The molecule has 1 atom stereocenters. The van der Waals surface area contributed by atoms with E-state index in [2.05, 4.69) is 15.4 Å². The van der Waals surface area contributed by atoms with Crippen molar-refractivity contribution >= 4 is 5.91 Å². The molecule has 30 heavy (non-hydrogen) atoms. The van der Waals surface area contributed by atoms with Crippen LogP contribution in [0.3, 0.4) is 0 Å². The van der Waals surface area contributed by atoms with Gasteiger partial charge >= 0.3 is 0 Å². The number of hydrogen-bond acceptors (Lipinski definition) is 7. The molecule has 0 spiro atoms. The van der Waals surface area contributed by atoms with Crippen molar-refractivity contribution < 1.29 is 18.9 Å². The molecule has 4 rings (SSSR count). The zero-order valence-electron chi connectivity index (χ0n) is 17.6. The van der Waals surface area contributed by atoms with Crippen LogP contribution < -0.4 is 0 Å². The number of amides is 1. The number of piperidine rings is 1. The molecule has 0 bridgehead atoms. The standard InChI is InChI=1S/C21H27N5O4/c1-4-17-19(14(3)24-29-17)21(28)25-8-6-5-7-16(25)20-15(12-22-26(20)9-10-27)18-11-13(2)23-30-18/h11-12,16,27H,4-10H2,1-3H3/t16-/m1/s1. The van der Waals surface area contributed by atoms with Gasteiger partial charge in [0.1, 0.15) is 11.3 Å². The van der Waals surface area contributed by atoms with Crippen LogP contribution >= 0.6 is 0 Å². The van der Waals surface area contributed by atoms with Gasteiger partial charge in [-0.15, -0.1) is 0 Å². The zero-order chi connectivity index (χ0) is 21.3. The predicted octanol–water partition coefficient (Wildman–Crippen LogP) is 3.07. The predicted molar refractivity (Wildman–Crippen MR) is 108 cm³/mol. The number of aliphatic hydroxyl groups is 1. The molecule has 9 nitrogen and oxygen atoms in total. The second kappa shape index (κ2) is 8.43.